The van der Waals surface area contributed by atoms with Gasteiger partial charge in [-0.25, -0.2) is 0 Å². The zero-order chi connectivity index (χ0) is 13.7. The lowest BCUT2D eigenvalue weighted by molar-refractivity contribution is -0.117. The van der Waals surface area contributed by atoms with Crippen LogP contribution in [0.5, 0.6) is 0 Å². The molecule has 0 saturated carbocycles. The van der Waals surface area contributed by atoms with Crippen LogP contribution in [0.1, 0.15) is 32.1 Å². The standard InChI is InChI=1S/C14H17BrClNO2/c15-12-6-4-10(16)9-13(12)17-14(18)7-5-11-3-1-2-8-19-11/h4,6,9,11H,1-3,5,7-8H2,(H,17,18). The van der Waals surface area contributed by atoms with Crippen LogP contribution < -0.4 is 5.32 Å². The molecule has 3 nitrogen and oxygen atoms in total. The summed E-state index contributed by atoms with van der Waals surface area (Å²) in [5, 5.41) is 3.47. The number of carbonyl (C=O) groups is 1. The highest BCUT2D eigenvalue weighted by molar-refractivity contribution is 9.10. The average molecular weight is 347 g/mol. The van der Waals surface area contributed by atoms with Crippen molar-refractivity contribution in [1.29, 1.82) is 0 Å². The largest absolute Gasteiger partial charge is 0.378 e. The first-order valence-corrected chi connectivity index (χ1v) is 7.69. The summed E-state index contributed by atoms with van der Waals surface area (Å²) in [6, 6.07) is 5.33. The molecule has 1 atom stereocenters. The van der Waals surface area contributed by atoms with E-state index in [4.69, 9.17) is 16.3 Å². The first-order chi connectivity index (χ1) is 9.15. The zero-order valence-electron chi connectivity index (χ0n) is 10.6. The smallest absolute Gasteiger partial charge is 0.224 e. The van der Waals surface area contributed by atoms with Crippen LogP contribution in [0.4, 0.5) is 5.69 Å². The topological polar surface area (TPSA) is 38.3 Å². The highest BCUT2D eigenvalue weighted by Crippen LogP contribution is 2.26. The molecule has 1 heterocycles. The Morgan fingerprint density at radius 3 is 3.05 bits per heavy atom. The van der Waals surface area contributed by atoms with E-state index in [0.717, 1.165) is 30.3 Å². The van der Waals surface area contributed by atoms with Gasteiger partial charge >= 0.3 is 0 Å². The van der Waals surface area contributed by atoms with Crippen molar-refractivity contribution in [2.24, 2.45) is 0 Å². The molecule has 2 rings (SSSR count). The monoisotopic (exact) mass is 345 g/mol. The predicted octanol–water partition coefficient (Wildman–Crippen LogP) is 4.39. The molecule has 1 aromatic rings. The second kappa shape index (κ2) is 7.27. The van der Waals surface area contributed by atoms with Crippen molar-refractivity contribution in [3.63, 3.8) is 0 Å². The van der Waals surface area contributed by atoms with Gasteiger partial charge in [-0.3, -0.25) is 4.79 Å². The van der Waals surface area contributed by atoms with Crippen LogP contribution >= 0.6 is 27.5 Å². The van der Waals surface area contributed by atoms with Gasteiger partial charge in [0.25, 0.3) is 0 Å². The summed E-state index contributed by atoms with van der Waals surface area (Å²) in [6.07, 6.45) is 4.90. The van der Waals surface area contributed by atoms with Crippen molar-refractivity contribution in [3.05, 3.63) is 27.7 Å². The van der Waals surface area contributed by atoms with Gasteiger partial charge in [0.1, 0.15) is 0 Å². The summed E-state index contributed by atoms with van der Waals surface area (Å²) in [7, 11) is 0. The number of nitrogens with one attached hydrogen (secondary N) is 1. The molecule has 1 amide bonds. The Bertz CT molecular complexity index is 447. The van der Waals surface area contributed by atoms with E-state index in [1.807, 2.05) is 6.07 Å². The Balaban J connectivity index is 1.81. The van der Waals surface area contributed by atoms with E-state index < -0.39 is 0 Å². The number of anilines is 1. The molecule has 0 bridgehead atoms. The van der Waals surface area contributed by atoms with Crippen molar-refractivity contribution in [2.75, 3.05) is 11.9 Å². The average Bonchev–Trinajstić information content (AvgIpc) is 2.42. The van der Waals surface area contributed by atoms with E-state index >= 15 is 0 Å². The number of halogens is 2. The van der Waals surface area contributed by atoms with Gasteiger partial charge in [0.05, 0.1) is 11.8 Å². The van der Waals surface area contributed by atoms with E-state index in [1.165, 1.54) is 6.42 Å². The van der Waals surface area contributed by atoms with Crippen LogP contribution in [0.3, 0.4) is 0 Å². The Morgan fingerprint density at radius 2 is 2.32 bits per heavy atom. The normalized spacial score (nSPS) is 19.2. The van der Waals surface area contributed by atoms with Crippen molar-refractivity contribution >= 4 is 39.1 Å². The predicted molar refractivity (Wildman–Crippen MR) is 80.6 cm³/mol. The Kier molecular flexibility index (Phi) is 5.67. The number of benzene rings is 1. The molecular weight excluding hydrogens is 330 g/mol. The minimum absolute atomic E-state index is 0.00265. The third-order valence-corrected chi connectivity index (χ3v) is 4.10. The van der Waals surface area contributed by atoms with Gasteiger partial charge in [-0.1, -0.05) is 11.6 Å². The van der Waals surface area contributed by atoms with Crippen LogP contribution in [0.25, 0.3) is 0 Å². The van der Waals surface area contributed by atoms with Gasteiger partial charge < -0.3 is 10.1 Å². The van der Waals surface area contributed by atoms with Crippen LogP contribution in [-0.2, 0) is 9.53 Å². The highest BCUT2D eigenvalue weighted by Gasteiger charge is 2.15. The maximum Gasteiger partial charge on any atom is 0.224 e. The molecule has 0 aliphatic carbocycles. The molecule has 1 fully saturated rings. The minimum Gasteiger partial charge on any atom is -0.378 e. The zero-order valence-corrected chi connectivity index (χ0v) is 13.0. The van der Waals surface area contributed by atoms with E-state index in [0.29, 0.717) is 17.1 Å². The summed E-state index contributed by atoms with van der Waals surface area (Å²) in [5.74, 6) is -0.00265. The van der Waals surface area contributed by atoms with E-state index in [1.54, 1.807) is 12.1 Å². The van der Waals surface area contributed by atoms with Gasteiger partial charge in [-0.05, 0) is 59.8 Å². The lowest BCUT2D eigenvalue weighted by Gasteiger charge is -2.22. The number of rotatable bonds is 4. The fourth-order valence-corrected chi connectivity index (χ4v) is 2.65. The van der Waals surface area contributed by atoms with E-state index in [9.17, 15) is 4.79 Å². The molecule has 19 heavy (non-hydrogen) atoms. The fraction of sp³-hybridized carbons (Fsp3) is 0.500. The van der Waals surface area contributed by atoms with Crippen molar-refractivity contribution in [2.45, 2.75) is 38.2 Å². The van der Waals surface area contributed by atoms with Crippen molar-refractivity contribution < 1.29 is 9.53 Å². The molecule has 1 aliphatic rings. The number of amides is 1. The second-order valence-electron chi connectivity index (χ2n) is 4.70. The van der Waals surface area contributed by atoms with Crippen molar-refractivity contribution in [3.8, 4) is 0 Å². The lowest BCUT2D eigenvalue weighted by Crippen LogP contribution is -2.21. The molecule has 0 aromatic heterocycles. The molecule has 0 spiro atoms. The van der Waals surface area contributed by atoms with Crippen molar-refractivity contribution in [1.82, 2.24) is 0 Å². The molecular formula is C14H17BrClNO2. The van der Waals surface area contributed by atoms with Crippen LogP contribution in [-0.4, -0.2) is 18.6 Å². The molecule has 0 radical (unpaired) electrons. The van der Waals surface area contributed by atoms with Gasteiger partial charge in [-0.2, -0.15) is 0 Å². The minimum atomic E-state index is -0.00265. The fourth-order valence-electron chi connectivity index (χ4n) is 2.13. The summed E-state index contributed by atoms with van der Waals surface area (Å²) in [4.78, 5) is 11.9. The molecule has 1 N–H and O–H groups in total. The van der Waals surface area contributed by atoms with Gasteiger partial charge in [-0.15, -0.1) is 0 Å². The summed E-state index contributed by atoms with van der Waals surface area (Å²) in [6.45, 7) is 0.826. The first kappa shape index (κ1) is 14.8. The number of carbonyl (C=O) groups excluding carboxylic acids is 1. The molecule has 1 aliphatic heterocycles. The number of hydrogen-bond donors (Lipinski definition) is 1. The lowest BCUT2D eigenvalue weighted by atomic mass is 10.0. The van der Waals surface area contributed by atoms with E-state index in [2.05, 4.69) is 21.2 Å². The Morgan fingerprint density at radius 1 is 1.47 bits per heavy atom. The van der Waals surface area contributed by atoms with Crippen LogP contribution in [0.2, 0.25) is 5.02 Å². The maximum absolute atomic E-state index is 11.9. The third kappa shape index (κ3) is 4.79. The molecule has 1 aromatic carbocycles. The molecule has 104 valence electrons. The number of ether oxygens (including phenoxy) is 1. The van der Waals surface area contributed by atoms with Gasteiger partial charge in [0.15, 0.2) is 0 Å². The molecule has 5 heteroatoms. The van der Waals surface area contributed by atoms with Gasteiger partial charge in [0.2, 0.25) is 5.91 Å². The summed E-state index contributed by atoms with van der Waals surface area (Å²) >= 11 is 9.30. The van der Waals surface area contributed by atoms with Crippen LogP contribution in [0.15, 0.2) is 22.7 Å². The molecule has 1 unspecified atom stereocenters. The maximum atomic E-state index is 11.9. The highest BCUT2D eigenvalue weighted by atomic mass is 79.9. The Labute approximate surface area is 126 Å². The SMILES string of the molecule is O=C(CCC1CCCCO1)Nc1cc(Cl)ccc1Br. The Hall–Kier alpha value is -0.580. The second-order valence-corrected chi connectivity index (χ2v) is 5.99. The van der Waals surface area contributed by atoms with Crippen LogP contribution in [0, 0.1) is 0 Å². The first-order valence-electron chi connectivity index (χ1n) is 6.51. The van der Waals surface area contributed by atoms with Gasteiger partial charge in [0, 0.05) is 22.5 Å². The van der Waals surface area contributed by atoms with E-state index in [-0.39, 0.29) is 12.0 Å². The third-order valence-electron chi connectivity index (χ3n) is 3.17. The number of hydrogen-bond acceptors (Lipinski definition) is 2. The molecule has 1 saturated heterocycles. The summed E-state index contributed by atoms with van der Waals surface area (Å²) in [5.41, 5.74) is 0.710. The summed E-state index contributed by atoms with van der Waals surface area (Å²) < 4.78 is 6.44. The quantitative estimate of drug-likeness (QED) is 0.878.